The quantitative estimate of drug-likeness (QED) is 0.807. The molecule has 0 spiro atoms. The summed E-state index contributed by atoms with van der Waals surface area (Å²) in [5, 5.41) is 3.22. The molecule has 1 aromatic carbocycles. The van der Waals surface area contributed by atoms with E-state index in [1.165, 1.54) is 11.8 Å². The van der Waals surface area contributed by atoms with Gasteiger partial charge in [0, 0.05) is 19.7 Å². The second-order valence-corrected chi connectivity index (χ2v) is 6.65. The highest BCUT2D eigenvalue weighted by Crippen LogP contribution is 2.16. The number of carbonyl (C=O) groups excluding carboxylic acids is 1. The fourth-order valence-corrected chi connectivity index (χ4v) is 3.56. The molecule has 0 aliphatic carbocycles. The van der Waals surface area contributed by atoms with Gasteiger partial charge in [0.15, 0.2) is 5.03 Å². The number of ether oxygens (including phenoxy) is 1. The Kier molecular flexibility index (Phi) is 5.52. The van der Waals surface area contributed by atoms with Gasteiger partial charge in [-0.2, -0.15) is 0 Å². The van der Waals surface area contributed by atoms with Gasteiger partial charge in [0.1, 0.15) is 0 Å². The molecule has 0 bridgehead atoms. The zero-order valence-electron chi connectivity index (χ0n) is 13.7. The van der Waals surface area contributed by atoms with Gasteiger partial charge in [-0.1, -0.05) is 23.9 Å². The van der Waals surface area contributed by atoms with Crippen molar-refractivity contribution in [3.05, 3.63) is 34.6 Å². The largest absolute Gasteiger partial charge is 0.376 e. The first-order valence-corrected chi connectivity index (χ1v) is 9.18. The molecule has 3 rings (SSSR count). The van der Waals surface area contributed by atoms with Crippen LogP contribution >= 0.6 is 11.8 Å². The van der Waals surface area contributed by atoms with Crippen LogP contribution in [0.4, 0.5) is 0 Å². The molecule has 1 saturated heterocycles. The highest BCUT2D eigenvalue weighted by molar-refractivity contribution is 7.99. The molecular weight excluding hydrogens is 326 g/mol. The lowest BCUT2D eigenvalue weighted by Crippen LogP contribution is -2.33. The van der Waals surface area contributed by atoms with Crippen LogP contribution in [0, 0.1) is 0 Å². The number of amides is 1. The minimum Gasteiger partial charge on any atom is -0.376 e. The SMILES string of the molecule is CCn1c(=O)c(SCC(=O)NC[C@@H]2CCCO2)nc2ccccc21. The van der Waals surface area contributed by atoms with E-state index < -0.39 is 0 Å². The van der Waals surface area contributed by atoms with Crippen molar-refractivity contribution in [3.8, 4) is 0 Å². The Bertz CT molecular complexity index is 784. The average Bonchev–Trinajstić information content (AvgIpc) is 3.12. The number of thioether (sulfide) groups is 1. The van der Waals surface area contributed by atoms with Crippen LogP contribution in [0.1, 0.15) is 19.8 Å². The molecule has 1 atom stereocenters. The number of rotatable bonds is 6. The van der Waals surface area contributed by atoms with E-state index >= 15 is 0 Å². The molecule has 2 heterocycles. The molecule has 6 nitrogen and oxygen atoms in total. The second-order valence-electron chi connectivity index (χ2n) is 5.68. The third-order valence-electron chi connectivity index (χ3n) is 4.03. The molecule has 0 unspecified atom stereocenters. The number of aromatic nitrogens is 2. The molecule has 2 aromatic rings. The third kappa shape index (κ3) is 3.79. The number of aryl methyl sites for hydroxylation is 1. The maximum Gasteiger partial charge on any atom is 0.283 e. The Morgan fingerprint density at radius 3 is 3.04 bits per heavy atom. The fourth-order valence-electron chi connectivity index (χ4n) is 2.79. The highest BCUT2D eigenvalue weighted by Gasteiger charge is 2.17. The van der Waals surface area contributed by atoms with Crippen molar-refractivity contribution in [1.82, 2.24) is 14.9 Å². The normalized spacial score (nSPS) is 17.3. The molecule has 0 radical (unpaired) electrons. The Balaban J connectivity index is 1.67. The molecule has 1 aliphatic heterocycles. The monoisotopic (exact) mass is 347 g/mol. The first-order valence-electron chi connectivity index (χ1n) is 8.19. The number of para-hydroxylation sites is 2. The van der Waals surface area contributed by atoms with Gasteiger partial charge in [0.2, 0.25) is 5.91 Å². The first kappa shape index (κ1) is 17.0. The predicted molar refractivity (Wildman–Crippen MR) is 94.4 cm³/mol. The summed E-state index contributed by atoms with van der Waals surface area (Å²) in [6, 6.07) is 7.54. The van der Waals surface area contributed by atoms with Gasteiger partial charge in [-0.3, -0.25) is 9.59 Å². The Morgan fingerprint density at radius 1 is 1.46 bits per heavy atom. The predicted octanol–water partition coefficient (Wildman–Crippen LogP) is 1.80. The topological polar surface area (TPSA) is 73.2 Å². The molecular formula is C17H21N3O3S. The van der Waals surface area contributed by atoms with Crippen LogP contribution in [0.25, 0.3) is 11.0 Å². The summed E-state index contributed by atoms with van der Waals surface area (Å²) in [6.45, 7) is 3.80. The number of nitrogens with zero attached hydrogens (tertiary/aromatic N) is 2. The Labute approximate surface area is 144 Å². The number of nitrogens with one attached hydrogen (secondary N) is 1. The van der Waals surface area contributed by atoms with E-state index in [1.807, 2.05) is 31.2 Å². The smallest absolute Gasteiger partial charge is 0.283 e. The summed E-state index contributed by atoms with van der Waals surface area (Å²) in [5.74, 6) is 0.0738. The van der Waals surface area contributed by atoms with Crippen molar-refractivity contribution in [1.29, 1.82) is 0 Å². The van der Waals surface area contributed by atoms with Gasteiger partial charge in [-0.15, -0.1) is 0 Å². The summed E-state index contributed by atoms with van der Waals surface area (Å²) in [6.07, 6.45) is 2.16. The molecule has 128 valence electrons. The highest BCUT2D eigenvalue weighted by atomic mass is 32.2. The number of hydrogen-bond acceptors (Lipinski definition) is 5. The molecule has 1 amide bonds. The molecule has 24 heavy (non-hydrogen) atoms. The summed E-state index contributed by atoms with van der Waals surface area (Å²) in [7, 11) is 0. The molecule has 1 N–H and O–H groups in total. The van der Waals surface area contributed by atoms with Crippen molar-refractivity contribution in [3.63, 3.8) is 0 Å². The lowest BCUT2D eigenvalue weighted by Gasteiger charge is -2.11. The zero-order valence-corrected chi connectivity index (χ0v) is 14.5. The molecule has 0 saturated carbocycles. The Morgan fingerprint density at radius 2 is 2.29 bits per heavy atom. The number of fused-ring (bicyclic) bond motifs is 1. The first-order chi connectivity index (χ1) is 11.7. The molecule has 1 aromatic heterocycles. The van der Waals surface area contributed by atoms with Crippen LogP contribution in [-0.2, 0) is 16.1 Å². The van der Waals surface area contributed by atoms with Crippen molar-refractivity contribution in [2.75, 3.05) is 18.9 Å². The Hall–Kier alpha value is -1.86. The summed E-state index contributed by atoms with van der Waals surface area (Å²) in [4.78, 5) is 28.9. The summed E-state index contributed by atoms with van der Waals surface area (Å²) in [5.41, 5.74) is 1.44. The third-order valence-corrected chi connectivity index (χ3v) is 4.98. The van der Waals surface area contributed by atoms with Crippen molar-refractivity contribution in [2.45, 2.75) is 37.4 Å². The molecule has 7 heteroatoms. The van der Waals surface area contributed by atoms with Crippen LogP contribution in [0.15, 0.2) is 34.1 Å². The summed E-state index contributed by atoms with van der Waals surface area (Å²) >= 11 is 1.18. The molecule has 1 fully saturated rings. The maximum absolute atomic E-state index is 12.5. The second kappa shape index (κ2) is 7.81. The van der Waals surface area contributed by atoms with E-state index in [0.717, 1.165) is 30.5 Å². The van der Waals surface area contributed by atoms with Crippen molar-refractivity contribution >= 4 is 28.7 Å². The van der Waals surface area contributed by atoms with E-state index in [4.69, 9.17) is 4.74 Å². The van der Waals surface area contributed by atoms with Gasteiger partial charge >= 0.3 is 0 Å². The van der Waals surface area contributed by atoms with E-state index in [-0.39, 0.29) is 23.3 Å². The van der Waals surface area contributed by atoms with Gasteiger partial charge in [-0.25, -0.2) is 4.98 Å². The maximum atomic E-state index is 12.5. The number of carbonyl (C=O) groups is 1. The van der Waals surface area contributed by atoms with Gasteiger partial charge in [0.05, 0.1) is 22.9 Å². The van der Waals surface area contributed by atoms with E-state index in [2.05, 4.69) is 10.3 Å². The van der Waals surface area contributed by atoms with Gasteiger partial charge < -0.3 is 14.6 Å². The van der Waals surface area contributed by atoms with Crippen LogP contribution < -0.4 is 10.9 Å². The standard InChI is InChI=1S/C17H21N3O3S/c1-2-20-14-8-4-3-7-13(14)19-16(17(20)22)24-11-15(21)18-10-12-6-5-9-23-12/h3-4,7-8,12H,2,5-6,9-11H2,1H3,(H,18,21)/t12-/m0/s1. The van der Waals surface area contributed by atoms with Crippen LogP contribution in [0.5, 0.6) is 0 Å². The number of benzene rings is 1. The zero-order chi connectivity index (χ0) is 16.9. The minimum atomic E-state index is -0.145. The van der Waals surface area contributed by atoms with Crippen LogP contribution in [0.3, 0.4) is 0 Å². The van der Waals surface area contributed by atoms with Crippen molar-refractivity contribution < 1.29 is 9.53 Å². The van der Waals surface area contributed by atoms with Crippen LogP contribution in [0.2, 0.25) is 0 Å². The van der Waals surface area contributed by atoms with E-state index in [1.54, 1.807) is 4.57 Å². The van der Waals surface area contributed by atoms with Gasteiger partial charge in [-0.05, 0) is 31.9 Å². The number of hydrogen-bond donors (Lipinski definition) is 1. The van der Waals surface area contributed by atoms with Crippen molar-refractivity contribution in [2.24, 2.45) is 0 Å². The minimum absolute atomic E-state index is 0.104. The fraction of sp³-hybridized carbons (Fsp3) is 0.471. The lowest BCUT2D eigenvalue weighted by atomic mass is 10.2. The average molecular weight is 347 g/mol. The van der Waals surface area contributed by atoms with Crippen LogP contribution in [-0.4, -0.2) is 40.5 Å². The van der Waals surface area contributed by atoms with E-state index in [0.29, 0.717) is 18.1 Å². The summed E-state index contributed by atoms with van der Waals surface area (Å²) < 4.78 is 7.17. The molecule has 1 aliphatic rings. The lowest BCUT2D eigenvalue weighted by molar-refractivity contribution is -0.119. The van der Waals surface area contributed by atoms with Gasteiger partial charge in [0.25, 0.3) is 5.56 Å². The van der Waals surface area contributed by atoms with E-state index in [9.17, 15) is 9.59 Å².